The van der Waals surface area contributed by atoms with Crippen LogP contribution in [0.4, 0.5) is 23.1 Å². The maximum Gasteiger partial charge on any atom is 0.249 e. The summed E-state index contributed by atoms with van der Waals surface area (Å²) < 4.78 is 0. The largest absolute Gasteiger partial charge is 0.372 e. The minimum absolute atomic E-state index is 0.496. The molecule has 140 valence electrons. The Morgan fingerprint density at radius 3 is 2.35 bits per heavy atom. The summed E-state index contributed by atoms with van der Waals surface area (Å²) in [5.41, 5.74) is 2.19. The van der Waals surface area contributed by atoms with Crippen LogP contribution in [0.5, 0.6) is 0 Å². The molecule has 6 heteroatoms. The SMILES string of the molecule is CCN(CC)c1ccc(Nc2nncc(NC3CCCCCC3)n2)cc1. The van der Waals surface area contributed by atoms with Gasteiger partial charge in [-0.25, -0.2) is 0 Å². The van der Waals surface area contributed by atoms with E-state index < -0.39 is 0 Å². The van der Waals surface area contributed by atoms with E-state index in [1.807, 2.05) is 0 Å². The fourth-order valence-electron chi connectivity index (χ4n) is 3.53. The molecule has 6 nitrogen and oxygen atoms in total. The molecule has 0 aliphatic heterocycles. The van der Waals surface area contributed by atoms with E-state index in [0.29, 0.717) is 12.0 Å². The van der Waals surface area contributed by atoms with Crippen molar-refractivity contribution in [2.45, 2.75) is 58.4 Å². The van der Waals surface area contributed by atoms with Gasteiger partial charge in [0.25, 0.3) is 0 Å². The zero-order valence-corrected chi connectivity index (χ0v) is 15.9. The monoisotopic (exact) mass is 354 g/mol. The van der Waals surface area contributed by atoms with Crippen molar-refractivity contribution in [2.24, 2.45) is 0 Å². The van der Waals surface area contributed by atoms with E-state index in [-0.39, 0.29) is 0 Å². The number of hydrogen-bond acceptors (Lipinski definition) is 6. The van der Waals surface area contributed by atoms with E-state index in [0.717, 1.165) is 24.6 Å². The molecule has 1 aromatic heterocycles. The topological polar surface area (TPSA) is 66.0 Å². The lowest BCUT2D eigenvalue weighted by atomic mass is 10.1. The minimum atomic E-state index is 0.496. The number of nitrogens with one attached hydrogen (secondary N) is 2. The maximum atomic E-state index is 4.58. The molecule has 2 aromatic rings. The van der Waals surface area contributed by atoms with Crippen molar-refractivity contribution in [3.63, 3.8) is 0 Å². The van der Waals surface area contributed by atoms with Crippen molar-refractivity contribution in [3.05, 3.63) is 30.5 Å². The third-order valence-corrected chi connectivity index (χ3v) is 5.02. The second-order valence-corrected chi connectivity index (χ2v) is 6.84. The van der Waals surface area contributed by atoms with Crippen molar-refractivity contribution in [1.29, 1.82) is 0 Å². The van der Waals surface area contributed by atoms with Gasteiger partial charge in [0.15, 0.2) is 5.82 Å². The molecular weight excluding hydrogens is 324 g/mol. The van der Waals surface area contributed by atoms with E-state index in [1.165, 1.54) is 44.2 Å². The van der Waals surface area contributed by atoms with Gasteiger partial charge in [0.2, 0.25) is 5.95 Å². The molecule has 0 spiro atoms. The first kappa shape index (κ1) is 18.4. The number of hydrogen-bond donors (Lipinski definition) is 2. The molecule has 1 fully saturated rings. The van der Waals surface area contributed by atoms with Gasteiger partial charge in [-0.2, -0.15) is 10.1 Å². The Morgan fingerprint density at radius 2 is 1.69 bits per heavy atom. The van der Waals surface area contributed by atoms with Gasteiger partial charge in [0.05, 0.1) is 6.20 Å². The molecule has 26 heavy (non-hydrogen) atoms. The zero-order valence-electron chi connectivity index (χ0n) is 15.9. The first-order chi connectivity index (χ1) is 12.8. The van der Waals surface area contributed by atoms with Crippen LogP contribution in [0, 0.1) is 0 Å². The predicted molar refractivity (Wildman–Crippen MR) is 108 cm³/mol. The van der Waals surface area contributed by atoms with Gasteiger partial charge >= 0.3 is 0 Å². The molecule has 0 radical (unpaired) electrons. The van der Waals surface area contributed by atoms with Gasteiger partial charge in [-0.15, -0.1) is 5.10 Å². The second kappa shape index (κ2) is 9.36. The second-order valence-electron chi connectivity index (χ2n) is 6.84. The summed E-state index contributed by atoms with van der Waals surface area (Å²) >= 11 is 0. The number of rotatable bonds is 7. The average Bonchev–Trinajstić information content (AvgIpc) is 2.93. The molecular formula is C20H30N6. The van der Waals surface area contributed by atoms with Gasteiger partial charge in [-0.05, 0) is 51.0 Å². The van der Waals surface area contributed by atoms with Crippen molar-refractivity contribution >= 4 is 23.1 Å². The highest BCUT2D eigenvalue weighted by Crippen LogP contribution is 2.22. The molecule has 0 atom stereocenters. The van der Waals surface area contributed by atoms with Crippen LogP contribution in [0.2, 0.25) is 0 Å². The average molecular weight is 355 g/mol. The van der Waals surface area contributed by atoms with Crippen molar-refractivity contribution in [3.8, 4) is 0 Å². The summed E-state index contributed by atoms with van der Waals surface area (Å²) in [6, 6.07) is 8.85. The molecule has 1 aliphatic rings. The van der Waals surface area contributed by atoms with Crippen LogP contribution in [0.1, 0.15) is 52.4 Å². The molecule has 0 bridgehead atoms. The van der Waals surface area contributed by atoms with E-state index in [4.69, 9.17) is 0 Å². The van der Waals surface area contributed by atoms with Crippen molar-refractivity contribution in [1.82, 2.24) is 15.2 Å². The lowest BCUT2D eigenvalue weighted by Crippen LogP contribution is -2.21. The lowest BCUT2D eigenvalue weighted by molar-refractivity contribution is 0.617. The number of anilines is 4. The van der Waals surface area contributed by atoms with E-state index in [9.17, 15) is 0 Å². The number of nitrogens with zero attached hydrogens (tertiary/aromatic N) is 4. The first-order valence-electron chi connectivity index (χ1n) is 9.86. The molecule has 2 N–H and O–H groups in total. The van der Waals surface area contributed by atoms with Crippen LogP contribution >= 0.6 is 0 Å². The number of aromatic nitrogens is 3. The predicted octanol–water partition coefficient (Wildman–Crippen LogP) is 4.60. The first-order valence-corrected chi connectivity index (χ1v) is 9.86. The van der Waals surface area contributed by atoms with E-state index >= 15 is 0 Å². The Bertz CT molecular complexity index is 660. The van der Waals surface area contributed by atoms with Crippen LogP contribution < -0.4 is 15.5 Å². The van der Waals surface area contributed by atoms with Crippen LogP contribution in [0.3, 0.4) is 0 Å². The van der Waals surface area contributed by atoms with E-state index in [2.05, 4.69) is 68.8 Å². The Labute approximate surface area is 156 Å². The molecule has 1 saturated carbocycles. The van der Waals surface area contributed by atoms with Gasteiger partial charge in [0, 0.05) is 30.5 Å². The Hall–Kier alpha value is -2.37. The van der Waals surface area contributed by atoms with Gasteiger partial charge in [-0.1, -0.05) is 25.7 Å². The van der Waals surface area contributed by atoms with Crippen molar-refractivity contribution < 1.29 is 0 Å². The van der Waals surface area contributed by atoms with Gasteiger partial charge in [0.1, 0.15) is 0 Å². The minimum Gasteiger partial charge on any atom is -0.372 e. The Balaban J connectivity index is 1.62. The highest BCUT2D eigenvalue weighted by atomic mass is 15.3. The van der Waals surface area contributed by atoms with Crippen LogP contribution in [-0.2, 0) is 0 Å². The molecule has 0 unspecified atom stereocenters. The van der Waals surface area contributed by atoms with Gasteiger partial charge < -0.3 is 15.5 Å². The third-order valence-electron chi connectivity index (χ3n) is 5.02. The molecule has 0 saturated heterocycles. The molecule has 3 rings (SSSR count). The normalized spacial score (nSPS) is 15.3. The summed E-state index contributed by atoms with van der Waals surface area (Å²) in [4.78, 5) is 6.89. The van der Waals surface area contributed by atoms with Crippen LogP contribution in [0.15, 0.2) is 30.5 Å². The molecule has 0 amide bonds. The molecule has 1 aromatic carbocycles. The van der Waals surface area contributed by atoms with Gasteiger partial charge in [-0.3, -0.25) is 0 Å². The summed E-state index contributed by atoms with van der Waals surface area (Å²) in [6.45, 7) is 6.35. The Kier molecular flexibility index (Phi) is 6.63. The number of benzene rings is 1. The zero-order chi connectivity index (χ0) is 18.2. The molecule has 1 aliphatic carbocycles. The highest BCUT2D eigenvalue weighted by Gasteiger charge is 2.13. The van der Waals surface area contributed by atoms with Crippen LogP contribution in [-0.4, -0.2) is 34.3 Å². The summed E-state index contributed by atoms with van der Waals surface area (Å²) in [7, 11) is 0. The standard InChI is InChI=1S/C20H30N6/c1-3-26(4-2)18-13-11-17(12-14-18)23-20-24-19(15-21-25-20)22-16-9-7-5-6-8-10-16/h11-16H,3-10H2,1-2H3,(H2,22,23,24,25). The smallest absolute Gasteiger partial charge is 0.249 e. The molecule has 1 heterocycles. The lowest BCUT2D eigenvalue weighted by Gasteiger charge is -2.21. The summed E-state index contributed by atoms with van der Waals surface area (Å²) in [6.07, 6.45) is 9.39. The van der Waals surface area contributed by atoms with E-state index in [1.54, 1.807) is 6.20 Å². The van der Waals surface area contributed by atoms with Crippen molar-refractivity contribution in [2.75, 3.05) is 28.6 Å². The van der Waals surface area contributed by atoms with Crippen LogP contribution in [0.25, 0.3) is 0 Å². The quantitative estimate of drug-likeness (QED) is 0.709. The Morgan fingerprint density at radius 1 is 1.00 bits per heavy atom. The summed E-state index contributed by atoms with van der Waals surface area (Å²) in [5, 5.41) is 15.0. The fraction of sp³-hybridized carbons (Fsp3) is 0.550. The maximum absolute atomic E-state index is 4.58. The third kappa shape index (κ3) is 5.07. The highest BCUT2D eigenvalue weighted by molar-refractivity contribution is 5.59. The fourth-order valence-corrected chi connectivity index (χ4v) is 3.53. The summed E-state index contributed by atoms with van der Waals surface area (Å²) in [5.74, 6) is 1.33.